The number of methoxy groups -OCH3 is 2. The van der Waals surface area contributed by atoms with E-state index >= 15 is 0 Å². The summed E-state index contributed by atoms with van der Waals surface area (Å²) >= 11 is 0. The fraction of sp³-hybridized carbons (Fsp3) is 0.826. The maximum absolute atomic E-state index is 13.3. The average Bonchev–Trinajstić information content (AvgIpc) is 3.29. The van der Waals surface area contributed by atoms with Crippen LogP contribution in [0.1, 0.15) is 107 Å². The fourth-order valence-corrected chi connectivity index (χ4v) is 7.89. The van der Waals surface area contributed by atoms with Gasteiger partial charge in [0.1, 0.15) is 12.2 Å². The van der Waals surface area contributed by atoms with Crippen LogP contribution in [0.25, 0.3) is 0 Å². The van der Waals surface area contributed by atoms with Gasteiger partial charge in [0.15, 0.2) is 0 Å². The number of carbonyl (C=O) groups is 4. The predicted molar refractivity (Wildman–Crippen MR) is 231 cm³/mol. The first kappa shape index (κ1) is 79.6. The highest BCUT2D eigenvalue weighted by Gasteiger charge is 2.80. The Morgan fingerprint density at radius 3 is 0.732 bits per heavy atom. The smallest absolute Gasteiger partial charge is 0.426 e. The number of rotatable bonds is 12. The molecular weight excluding hydrogens is 1200 g/mol. The van der Waals surface area contributed by atoms with Crippen molar-refractivity contribution in [3.05, 3.63) is 24.3 Å². The summed E-state index contributed by atoms with van der Waals surface area (Å²) in [6.07, 6.45) is -67.3. The Kier molecular flexibility index (Phi) is 26.0. The van der Waals surface area contributed by atoms with Gasteiger partial charge < -0.3 is 39.4 Å². The number of alkyl halides is 24. The van der Waals surface area contributed by atoms with Crippen molar-refractivity contribution in [2.75, 3.05) is 14.2 Å². The van der Waals surface area contributed by atoms with Crippen LogP contribution in [0.15, 0.2) is 24.3 Å². The molecule has 12 nitrogen and oxygen atoms in total. The van der Waals surface area contributed by atoms with Gasteiger partial charge in [0.05, 0.1) is 25.0 Å². The Bertz CT molecular complexity index is 2020. The van der Waals surface area contributed by atoms with E-state index in [-0.39, 0.29) is 23.8 Å². The summed E-state index contributed by atoms with van der Waals surface area (Å²) in [6, 6.07) is 0. The number of aliphatic hydroxyl groups is 4. The topological polar surface area (TPSA) is 186 Å². The predicted octanol–water partition coefficient (Wildman–Crippen LogP) is 12.4. The first-order valence-corrected chi connectivity index (χ1v) is 23.2. The summed E-state index contributed by atoms with van der Waals surface area (Å²) in [5.41, 5.74) is -24.9. The lowest BCUT2D eigenvalue weighted by atomic mass is 9.65. The Balaban J connectivity index is 0. The molecule has 0 bridgehead atoms. The minimum absolute atomic E-state index is 0.0184. The highest BCUT2D eigenvalue weighted by molar-refractivity contribution is 5.87. The van der Waals surface area contributed by atoms with Crippen LogP contribution in [0.3, 0.4) is 0 Å². The average molecular weight is 1260 g/mol. The zero-order valence-electron chi connectivity index (χ0n) is 44.7. The lowest BCUT2D eigenvalue weighted by Gasteiger charge is -2.48. The molecule has 4 unspecified atom stereocenters. The molecule has 4 N–H and O–H groups in total. The summed E-state index contributed by atoms with van der Waals surface area (Å²) in [5, 5.41) is 38.3. The molecule has 484 valence electrons. The Morgan fingerprint density at radius 1 is 0.378 bits per heavy atom. The summed E-state index contributed by atoms with van der Waals surface area (Å²) in [7, 11) is 2.75. The maximum atomic E-state index is 13.3. The molecule has 0 saturated heterocycles. The summed E-state index contributed by atoms with van der Waals surface area (Å²) in [5.74, 6) is -16.8. The lowest BCUT2D eigenvalue weighted by Crippen LogP contribution is -2.67. The van der Waals surface area contributed by atoms with Gasteiger partial charge in [-0.2, -0.15) is 105 Å². The van der Waals surface area contributed by atoms with Crippen LogP contribution in [0, 0.1) is 34.5 Å². The van der Waals surface area contributed by atoms with Crippen LogP contribution in [0.2, 0.25) is 0 Å². The molecule has 4 atom stereocenters. The van der Waals surface area contributed by atoms with E-state index in [2.05, 4.69) is 27.4 Å². The minimum atomic E-state index is -6.59. The van der Waals surface area contributed by atoms with Crippen molar-refractivity contribution in [2.24, 2.45) is 34.5 Å². The zero-order chi connectivity index (χ0) is 66.4. The van der Waals surface area contributed by atoms with Crippen LogP contribution in [-0.4, -0.2) is 143 Å². The molecule has 2 rings (SSSR count). The fourth-order valence-electron chi connectivity index (χ4n) is 7.89. The van der Waals surface area contributed by atoms with Crippen molar-refractivity contribution in [1.82, 2.24) is 0 Å². The van der Waals surface area contributed by atoms with E-state index in [1.165, 1.54) is 35.0 Å². The van der Waals surface area contributed by atoms with E-state index in [0.717, 1.165) is 13.3 Å². The quantitative estimate of drug-likeness (QED) is 0.0628. The van der Waals surface area contributed by atoms with E-state index in [1.807, 2.05) is 20.8 Å². The maximum Gasteiger partial charge on any atom is 0.426 e. The Labute approximate surface area is 451 Å². The molecule has 36 heteroatoms. The van der Waals surface area contributed by atoms with Gasteiger partial charge in [-0.15, -0.1) is 0 Å². The second kappa shape index (κ2) is 26.8. The molecule has 0 spiro atoms. The third-order valence-electron chi connectivity index (χ3n) is 13.6. The standard InChI is InChI=1S/C18H22F12O4.C16H16F12O4.C7H14O2.C5H8O2/c1-4-12(2,3)11(31)34-10-6-8(13(32,15(19,20)21)16(22,23)24)5-9(7-10)14(33,17(25,26)27)18(28,29)30;1-6(2)10(29)32-9-4-7(11(30,13(17,18)19)14(20,21)22)3-8(5-9)12(31,15(23,24)25)16(26,27)28;1-5-7(2,3)6(8)9-4;1-4(2)5(6)7-3/h8-10,32-33H,4-7H2,1-3H3;7-9,30-31H,1,3-5H2,2H3;5H2,1-4H3;1H2,2-3H3. The molecule has 0 radical (unpaired) electrons. The number of hydrogen-bond donors (Lipinski definition) is 4. The Hall–Kier alpha value is -4.48. The molecule has 0 aromatic heterocycles. The van der Waals surface area contributed by atoms with Gasteiger partial charge in [0.25, 0.3) is 22.4 Å². The van der Waals surface area contributed by atoms with Crippen LogP contribution >= 0.6 is 0 Å². The minimum Gasteiger partial charge on any atom is -0.469 e. The van der Waals surface area contributed by atoms with Gasteiger partial charge in [0.2, 0.25) is 0 Å². The van der Waals surface area contributed by atoms with Gasteiger partial charge in [-0.1, -0.05) is 27.0 Å². The molecule has 0 aromatic carbocycles. The molecule has 82 heavy (non-hydrogen) atoms. The van der Waals surface area contributed by atoms with Gasteiger partial charge in [-0.3, -0.25) is 9.59 Å². The van der Waals surface area contributed by atoms with Crippen molar-refractivity contribution >= 4 is 23.9 Å². The molecule has 2 aliphatic rings. The molecule has 0 amide bonds. The van der Waals surface area contributed by atoms with Crippen LogP contribution < -0.4 is 0 Å². The molecule has 0 heterocycles. The van der Waals surface area contributed by atoms with E-state index in [0.29, 0.717) is 5.57 Å². The second-order valence-electron chi connectivity index (χ2n) is 20.3. The van der Waals surface area contributed by atoms with Crippen molar-refractivity contribution < 1.29 is 164 Å². The number of ether oxygens (including phenoxy) is 4. The van der Waals surface area contributed by atoms with Crippen molar-refractivity contribution in [3.63, 3.8) is 0 Å². The number of esters is 4. The van der Waals surface area contributed by atoms with E-state index in [9.17, 15) is 145 Å². The Morgan fingerprint density at radius 2 is 0.585 bits per heavy atom. The van der Waals surface area contributed by atoms with Crippen LogP contribution in [0.5, 0.6) is 0 Å². The van der Waals surface area contributed by atoms with Crippen molar-refractivity contribution in [1.29, 1.82) is 0 Å². The highest BCUT2D eigenvalue weighted by atomic mass is 19.4. The largest absolute Gasteiger partial charge is 0.469 e. The highest BCUT2D eigenvalue weighted by Crippen LogP contribution is 2.60. The van der Waals surface area contributed by atoms with Crippen LogP contribution in [-0.2, 0) is 38.1 Å². The van der Waals surface area contributed by atoms with Gasteiger partial charge in [-0.25, -0.2) is 9.59 Å². The third kappa shape index (κ3) is 17.8. The second-order valence-corrected chi connectivity index (χ2v) is 20.3. The van der Waals surface area contributed by atoms with Crippen molar-refractivity contribution in [3.8, 4) is 0 Å². The molecule has 2 saturated carbocycles. The van der Waals surface area contributed by atoms with E-state index < -0.39 is 169 Å². The number of hydrogen-bond acceptors (Lipinski definition) is 12. The summed E-state index contributed by atoms with van der Waals surface area (Å²) < 4.78 is 336. The number of carbonyl (C=O) groups excluding carboxylic acids is 4. The zero-order valence-corrected chi connectivity index (χ0v) is 44.7. The first-order chi connectivity index (χ1) is 35.9. The van der Waals surface area contributed by atoms with Gasteiger partial charge >= 0.3 is 73.3 Å². The molecule has 0 aliphatic heterocycles. The SMILES string of the molecule is C=C(C)C(=O)OC.C=C(C)C(=O)OC1CC(C(O)(C(F)(F)F)C(F)(F)F)CC(C(O)(C(F)(F)F)C(F)(F)F)C1.CCC(C)(C)C(=O)OC.CCC(C)(C)C(=O)OC1CC(C(O)(C(F)(F)F)C(F)(F)F)CC(C(O)(C(F)(F)F)C(F)(F)F)C1. The molecule has 0 aromatic rings. The van der Waals surface area contributed by atoms with Crippen LogP contribution in [0.4, 0.5) is 105 Å². The molecule has 2 fully saturated rings. The monoisotopic (exact) mass is 1260 g/mol. The van der Waals surface area contributed by atoms with E-state index in [4.69, 9.17) is 4.74 Å². The summed E-state index contributed by atoms with van der Waals surface area (Å²) in [6.45, 7) is 18.4. The van der Waals surface area contributed by atoms with E-state index in [1.54, 1.807) is 6.92 Å². The van der Waals surface area contributed by atoms with Crippen molar-refractivity contribution in [2.45, 2.75) is 191 Å². The van der Waals surface area contributed by atoms with Gasteiger partial charge in [0, 0.05) is 34.8 Å². The lowest BCUT2D eigenvalue weighted by molar-refractivity contribution is -0.406. The summed E-state index contributed by atoms with van der Waals surface area (Å²) in [4.78, 5) is 44.8. The normalized spacial score (nSPS) is 21.4. The first-order valence-electron chi connectivity index (χ1n) is 23.2. The molecule has 2 aliphatic carbocycles. The molecular formula is C46H60F24O12. The third-order valence-corrected chi connectivity index (χ3v) is 13.6. The number of halogens is 24. The van der Waals surface area contributed by atoms with Gasteiger partial charge in [-0.05, 0) is 92.9 Å².